The number of carbonyl (C=O) groups excluding carboxylic acids is 1. The Morgan fingerprint density at radius 3 is 2.92 bits per heavy atom. The molecule has 5 nitrogen and oxygen atoms in total. The number of aryl methyl sites for hydroxylation is 2. The summed E-state index contributed by atoms with van der Waals surface area (Å²) in [6.45, 7) is 3.72. The molecule has 1 unspecified atom stereocenters. The number of amides is 1. The second kappa shape index (κ2) is 7.62. The number of rotatable bonds is 5. The van der Waals surface area contributed by atoms with E-state index in [1.54, 1.807) is 6.20 Å². The summed E-state index contributed by atoms with van der Waals surface area (Å²) in [6.07, 6.45) is 4.94. The van der Waals surface area contributed by atoms with Gasteiger partial charge in [-0.05, 0) is 26.8 Å². The van der Waals surface area contributed by atoms with Crippen molar-refractivity contribution in [3.63, 3.8) is 0 Å². The number of hydrogen-bond acceptors (Lipinski definition) is 4. The SMILES string of the molecule is CNC1CCCN(C(=O)CCc2ncc(-c3ccc(C)cc3)o2)C1. The van der Waals surface area contributed by atoms with Crippen LogP contribution in [-0.4, -0.2) is 42.0 Å². The number of hydrogen-bond donors (Lipinski definition) is 1. The first-order valence-corrected chi connectivity index (χ1v) is 8.62. The van der Waals surface area contributed by atoms with Gasteiger partial charge in [0.25, 0.3) is 0 Å². The van der Waals surface area contributed by atoms with Crippen LogP contribution in [0.15, 0.2) is 34.9 Å². The second-order valence-electron chi connectivity index (χ2n) is 6.45. The number of aromatic nitrogens is 1. The number of piperidine rings is 1. The molecule has 1 N–H and O–H groups in total. The van der Waals surface area contributed by atoms with Crippen molar-refractivity contribution in [2.45, 2.75) is 38.6 Å². The van der Waals surface area contributed by atoms with Crippen LogP contribution in [0.2, 0.25) is 0 Å². The van der Waals surface area contributed by atoms with Gasteiger partial charge < -0.3 is 14.6 Å². The summed E-state index contributed by atoms with van der Waals surface area (Å²) in [5, 5.41) is 3.26. The molecule has 1 amide bonds. The van der Waals surface area contributed by atoms with E-state index in [1.165, 1.54) is 5.56 Å². The van der Waals surface area contributed by atoms with Crippen LogP contribution in [-0.2, 0) is 11.2 Å². The second-order valence-corrected chi connectivity index (χ2v) is 6.45. The number of benzene rings is 1. The van der Waals surface area contributed by atoms with Crippen LogP contribution in [0.25, 0.3) is 11.3 Å². The van der Waals surface area contributed by atoms with Gasteiger partial charge in [0, 0.05) is 37.5 Å². The molecule has 0 radical (unpaired) electrons. The molecule has 24 heavy (non-hydrogen) atoms. The maximum absolute atomic E-state index is 12.4. The molecule has 128 valence electrons. The molecule has 2 aromatic rings. The lowest BCUT2D eigenvalue weighted by atomic mass is 10.1. The minimum absolute atomic E-state index is 0.185. The lowest BCUT2D eigenvalue weighted by molar-refractivity contribution is -0.132. The van der Waals surface area contributed by atoms with Crippen LogP contribution in [0.5, 0.6) is 0 Å². The van der Waals surface area contributed by atoms with Gasteiger partial charge in [0.2, 0.25) is 5.91 Å². The van der Waals surface area contributed by atoms with Crippen molar-refractivity contribution in [2.24, 2.45) is 0 Å². The highest BCUT2D eigenvalue weighted by molar-refractivity contribution is 5.76. The molecule has 1 aromatic carbocycles. The zero-order valence-electron chi connectivity index (χ0n) is 14.4. The number of nitrogens with zero attached hydrogens (tertiary/aromatic N) is 2. The number of oxazole rings is 1. The summed E-state index contributed by atoms with van der Waals surface area (Å²) in [5.74, 6) is 1.57. The fraction of sp³-hybridized carbons (Fsp3) is 0.474. The van der Waals surface area contributed by atoms with Gasteiger partial charge in [-0.2, -0.15) is 0 Å². The third kappa shape index (κ3) is 4.03. The van der Waals surface area contributed by atoms with Gasteiger partial charge in [0.1, 0.15) is 0 Å². The molecule has 1 saturated heterocycles. The molecule has 0 saturated carbocycles. The van der Waals surface area contributed by atoms with Gasteiger partial charge in [-0.15, -0.1) is 0 Å². The molecule has 1 aliphatic rings. The van der Waals surface area contributed by atoms with E-state index in [2.05, 4.69) is 29.4 Å². The number of likely N-dealkylation sites (N-methyl/N-ethyl adjacent to an activating group) is 1. The fourth-order valence-electron chi connectivity index (χ4n) is 3.09. The average molecular weight is 327 g/mol. The minimum atomic E-state index is 0.185. The molecule has 1 fully saturated rings. The first-order chi connectivity index (χ1) is 11.7. The zero-order chi connectivity index (χ0) is 16.9. The highest BCUT2D eigenvalue weighted by Crippen LogP contribution is 2.21. The summed E-state index contributed by atoms with van der Waals surface area (Å²) in [4.78, 5) is 18.6. The first kappa shape index (κ1) is 16.7. The smallest absolute Gasteiger partial charge is 0.223 e. The van der Waals surface area contributed by atoms with Crippen molar-refractivity contribution in [2.75, 3.05) is 20.1 Å². The van der Waals surface area contributed by atoms with E-state index in [1.807, 2.05) is 24.1 Å². The Balaban J connectivity index is 1.55. The predicted molar refractivity (Wildman–Crippen MR) is 93.7 cm³/mol. The molecule has 3 rings (SSSR count). The first-order valence-electron chi connectivity index (χ1n) is 8.62. The fourth-order valence-corrected chi connectivity index (χ4v) is 3.09. The van der Waals surface area contributed by atoms with E-state index in [4.69, 9.17) is 4.42 Å². The Morgan fingerprint density at radius 1 is 1.38 bits per heavy atom. The summed E-state index contributed by atoms with van der Waals surface area (Å²) in [7, 11) is 1.96. The number of nitrogens with one attached hydrogen (secondary N) is 1. The largest absolute Gasteiger partial charge is 0.441 e. The molecular weight excluding hydrogens is 302 g/mol. The highest BCUT2D eigenvalue weighted by atomic mass is 16.4. The topological polar surface area (TPSA) is 58.4 Å². The van der Waals surface area contributed by atoms with Crippen molar-refractivity contribution >= 4 is 5.91 Å². The summed E-state index contributed by atoms with van der Waals surface area (Å²) < 4.78 is 5.80. The van der Waals surface area contributed by atoms with Crippen molar-refractivity contribution in [1.82, 2.24) is 15.2 Å². The van der Waals surface area contributed by atoms with Gasteiger partial charge in [-0.25, -0.2) is 4.98 Å². The number of carbonyl (C=O) groups is 1. The van der Waals surface area contributed by atoms with E-state index in [0.717, 1.165) is 37.3 Å². The van der Waals surface area contributed by atoms with E-state index in [9.17, 15) is 4.79 Å². The van der Waals surface area contributed by atoms with Crippen LogP contribution in [0, 0.1) is 6.92 Å². The average Bonchev–Trinajstić information content (AvgIpc) is 3.09. The summed E-state index contributed by atoms with van der Waals surface area (Å²) in [6, 6.07) is 8.57. The van der Waals surface area contributed by atoms with Gasteiger partial charge in [-0.1, -0.05) is 29.8 Å². The number of likely N-dealkylation sites (tertiary alicyclic amines) is 1. The molecule has 0 aliphatic carbocycles. The Morgan fingerprint density at radius 2 is 2.17 bits per heavy atom. The monoisotopic (exact) mass is 327 g/mol. The minimum Gasteiger partial charge on any atom is -0.441 e. The van der Waals surface area contributed by atoms with Gasteiger partial charge in [0.05, 0.1) is 6.20 Å². The molecule has 1 aliphatic heterocycles. The zero-order valence-corrected chi connectivity index (χ0v) is 14.4. The molecule has 0 spiro atoms. The third-order valence-electron chi connectivity index (χ3n) is 4.62. The molecule has 2 heterocycles. The van der Waals surface area contributed by atoms with E-state index < -0.39 is 0 Å². The molecule has 1 atom stereocenters. The molecule has 0 bridgehead atoms. The van der Waals surface area contributed by atoms with Crippen molar-refractivity contribution in [3.8, 4) is 11.3 Å². The Labute approximate surface area is 143 Å². The third-order valence-corrected chi connectivity index (χ3v) is 4.62. The van der Waals surface area contributed by atoms with E-state index in [-0.39, 0.29) is 5.91 Å². The van der Waals surface area contributed by atoms with E-state index in [0.29, 0.717) is 24.8 Å². The van der Waals surface area contributed by atoms with Gasteiger partial charge in [0.15, 0.2) is 11.7 Å². The molecule has 1 aromatic heterocycles. The quantitative estimate of drug-likeness (QED) is 0.917. The Bertz CT molecular complexity index is 678. The van der Waals surface area contributed by atoms with Crippen LogP contribution in [0.1, 0.15) is 30.7 Å². The van der Waals surface area contributed by atoms with E-state index >= 15 is 0 Å². The normalized spacial score (nSPS) is 17.9. The maximum atomic E-state index is 12.4. The van der Waals surface area contributed by atoms with Crippen LogP contribution < -0.4 is 5.32 Å². The highest BCUT2D eigenvalue weighted by Gasteiger charge is 2.22. The lowest BCUT2D eigenvalue weighted by Crippen LogP contribution is -2.47. The van der Waals surface area contributed by atoms with Crippen LogP contribution >= 0.6 is 0 Å². The van der Waals surface area contributed by atoms with Crippen molar-refractivity contribution < 1.29 is 9.21 Å². The lowest BCUT2D eigenvalue weighted by Gasteiger charge is -2.32. The molecular formula is C19H25N3O2. The van der Waals surface area contributed by atoms with Crippen molar-refractivity contribution in [3.05, 3.63) is 41.9 Å². The van der Waals surface area contributed by atoms with Gasteiger partial charge in [-0.3, -0.25) is 4.79 Å². The molecule has 5 heteroatoms. The predicted octanol–water partition coefficient (Wildman–Crippen LogP) is 2.79. The Hall–Kier alpha value is -2.14. The summed E-state index contributed by atoms with van der Waals surface area (Å²) >= 11 is 0. The van der Waals surface area contributed by atoms with Gasteiger partial charge >= 0.3 is 0 Å². The summed E-state index contributed by atoms with van der Waals surface area (Å²) in [5.41, 5.74) is 2.23. The van der Waals surface area contributed by atoms with Crippen LogP contribution in [0.4, 0.5) is 0 Å². The maximum Gasteiger partial charge on any atom is 0.223 e. The standard InChI is InChI=1S/C19H25N3O2/c1-14-5-7-15(8-6-14)17-12-21-18(24-17)9-10-19(23)22-11-3-4-16(13-22)20-2/h5-8,12,16,20H,3-4,9-11,13H2,1-2H3. The Kier molecular flexibility index (Phi) is 5.30. The van der Waals surface area contributed by atoms with Crippen molar-refractivity contribution in [1.29, 1.82) is 0 Å². The van der Waals surface area contributed by atoms with Crippen LogP contribution in [0.3, 0.4) is 0 Å².